The molecule has 5 nitrogen and oxygen atoms in total. The van der Waals surface area contributed by atoms with E-state index in [-0.39, 0.29) is 0 Å². The molecule has 0 atom stereocenters. The number of aromatic nitrogens is 4. The van der Waals surface area contributed by atoms with Gasteiger partial charge in [-0.2, -0.15) is 0 Å². The van der Waals surface area contributed by atoms with Gasteiger partial charge in [0.25, 0.3) is 0 Å². The van der Waals surface area contributed by atoms with E-state index in [1.165, 1.54) is 11.0 Å². The van der Waals surface area contributed by atoms with E-state index >= 15 is 0 Å². The molecule has 0 aliphatic heterocycles. The molecule has 0 saturated heterocycles. The number of hydrogen-bond acceptors (Lipinski definition) is 3. The van der Waals surface area contributed by atoms with Gasteiger partial charge in [-0.05, 0) is 25.0 Å². The normalized spacial score (nSPS) is 11.7. The number of para-hydroxylation sites is 2. The summed E-state index contributed by atoms with van der Waals surface area (Å²) >= 11 is 0. The molecule has 0 bridgehead atoms. The second-order valence-electron chi connectivity index (χ2n) is 4.99. The topological polar surface area (TPSA) is 44.3 Å². The van der Waals surface area contributed by atoms with Crippen molar-refractivity contribution in [1.82, 2.24) is 19.2 Å². The SMILES string of the molecule is CCCc1nnc2n(CCCOC)c3ccccc3n12. The number of ether oxygens (including phenoxy) is 1. The Morgan fingerprint density at radius 2 is 1.95 bits per heavy atom. The summed E-state index contributed by atoms with van der Waals surface area (Å²) < 4.78 is 9.57. The van der Waals surface area contributed by atoms with Crippen LogP contribution in [0.1, 0.15) is 25.6 Å². The van der Waals surface area contributed by atoms with Crippen LogP contribution in [0.5, 0.6) is 0 Å². The van der Waals surface area contributed by atoms with Gasteiger partial charge in [-0.1, -0.05) is 19.1 Å². The molecule has 0 spiro atoms. The van der Waals surface area contributed by atoms with Crippen molar-refractivity contribution in [3.05, 3.63) is 30.1 Å². The third-order valence-corrected chi connectivity index (χ3v) is 3.57. The fraction of sp³-hybridized carbons (Fsp3) is 0.467. The summed E-state index contributed by atoms with van der Waals surface area (Å²) in [4.78, 5) is 0. The summed E-state index contributed by atoms with van der Waals surface area (Å²) in [6, 6.07) is 8.42. The number of methoxy groups -OCH3 is 1. The van der Waals surface area contributed by atoms with E-state index in [4.69, 9.17) is 4.74 Å². The summed E-state index contributed by atoms with van der Waals surface area (Å²) in [7, 11) is 1.74. The largest absolute Gasteiger partial charge is 0.385 e. The molecule has 2 aromatic heterocycles. The first-order valence-electron chi connectivity index (χ1n) is 7.17. The van der Waals surface area contributed by atoms with Crippen LogP contribution in [-0.4, -0.2) is 32.9 Å². The Balaban J connectivity index is 2.15. The zero-order chi connectivity index (χ0) is 13.9. The third kappa shape index (κ3) is 2.08. The van der Waals surface area contributed by atoms with Gasteiger partial charge in [0.2, 0.25) is 5.78 Å². The van der Waals surface area contributed by atoms with Crippen LogP contribution in [0.2, 0.25) is 0 Å². The lowest BCUT2D eigenvalue weighted by molar-refractivity contribution is 0.191. The monoisotopic (exact) mass is 272 g/mol. The number of fused-ring (bicyclic) bond motifs is 3. The summed E-state index contributed by atoms with van der Waals surface area (Å²) in [6.45, 7) is 3.82. The molecule has 106 valence electrons. The molecule has 0 fully saturated rings. The minimum Gasteiger partial charge on any atom is -0.385 e. The summed E-state index contributed by atoms with van der Waals surface area (Å²) in [6.07, 6.45) is 3.00. The summed E-state index contributed by atoms with van der Waals surface area (Å²) in [5.41, 5.74) is 2.40. The Bertz CT molecular complexity index is 713. The van der Waals surface area contributed by atoms with Gasteiger partial charge in [-0.15, -0.1) is 10.2 Å². The van der Waals surface area contributed by atoms with Gasteiger partial charge in [0.05, 0.1) is 11.0 Å². The van der Waals surface area contributed by atoms with Gasteiger partial charge in [-0.3, -0.25) is 4.40 Å². The highest BCUT2D eigenvalue weighted by Gasteiger charge is 2.15. The van der Waals surface area contributed by atoms with Gasteiger partial charge in [-0.25, -0.2) is 0 Å². The molecule has 0 aliphatic rings. The minimum absolute atomic E-state index is 0.759. The van der Waals surface area contributed by atoms with E-state index in [1.54, 1.807) is 7.11 Å². The van der Waals surface area contributed by atoms with E-state index in [0.29, 0.717) is 0 Å². The molecule has 20 heavy (non-hydrogen) atoms. The highest BCUT2D eigenvalue weighted by Crippen LogP contribution is 2.22. The zero-order valence-corrected chi connectivity index (χ0v) is 12.0. The van der Waals surface area contributed by atoms with Crippen molar-refractivity contribution in [3.63, 3.8) is 0 Å². The minimum atomic E-state index is 0.759. The first-order chi connectivity index (χ1) is 9.86. The molecule has 1 aromatic carbocycles. The van der Waals surface area contributed by atoms with Crippen molar-refractivity contribution in [1.29, 1.82) is 0 Å². The van der Waals surface area contributed by atoms with Crippen molar-refractivity contribution >= 4 is 16.8 Å². The highest BCUT2D eigenvalue weighted by atomic mass is 16.5. The molecule has 3 rings (SSSR count). The van der Waals surface area contributed by atoms with Crippen LogP contribution in [0.4, 0.5) is 0 Å². The lowest BCUT2D eigenvalue weighted by Gasteiger charge is -2.03. The first-order valence-corrected chi connectivity index (χ1v) is 7.17. The average Bonchev–Trinajstić information content (AvgIpc) is 3.00. The molecule has 0 amide bonds. The molecule has 2 heterocycles. The van der Waals surface area contributed by atoms with Crippen LogP contribution in [0.15, 0.2) is 24.3 Å². The van der Waals surface area contributed by atoms with E-state index in [2.05, 4.69) is 50.4 Å². The van der Waals surface area contributed by atoms with Crippen LogP contribution in [-0.2, 0) is 17.7 Å². The quantitative estimate of drug-likeness (QED) is 0.648. The van der Waals surface area contributed by atoms with E-state index in [1.807, 2.05) is 0 Å². The first kappa shape index (κ1) is 13.1. The third-order valence-electron chi connectivity index (χ3n) is 3.57. The molecule has 0 N–H and O–H groups in total. The summed E-state index contributed by atoms with van der Waals surface area (Å²) in [5.74, 6) is 1.98. The van der Waals surface area contributed by atoms with Crippen LogP contribution >= 0.6 is 0 Å². The van der Waals surface area contributed by atoms with Gasteiger partial charge in [0.1, 0.15) is 5.82 Å². The van der Waals surface area contributed by atoms with E-state index in [9.17, 15) is 0 Å². The van der Waals surface area contributed by atoms with Crippen molar-refractivity contribution < 1.29 is 4.74 Å². The van der Waals surface area contributed by atoms with Crippen molar-refractivity contribution in [3.8, 4) is 0 Å². The maximum atomic E-state index is 5.15. The van der Waals surface area contributed by atoms with Gasteiger partial charge in [0.15, 0.2) is 0 Å². The Morgan fingerprint density at radius 1 is 1.15 bits per heavy atom. The molecule has 0 radical (unpaired) electrons. The fourth-order valence-electron chi connectivity index (χ4n) is 2.69. The van der Waals surface area contributed by atoms with E-state index < -0.39 is 0 Å². The Labute approximate surface area is 118 Å². The number of benzene rings is 1. The highest BCUT2D eigenvalue weighted by molar-refractivity contribution is 5.80. The molecular weight excluding hydrogens is 252 g/mol. The molecule has 0 unspecified atom stereocenters. The number of imidazole rings is 1. The fourth-order valence-corrected chi connectivity index (χ4v) is 2.69. The average molecular weight is 272 g/mol. The Hall–Kier alpha value is -1.88. The molecular formula is C15H20N4O. The Kier molecular flexibility index (Phi) is 3.69. The predicted molar refractivity (Wildman–Crippen MR) is 79.0 cm³/mol. The zero-order valence-electron chi connectivity index (χ0n) is 12.0. The predicted octanol–water partition coefficient (Wildman–Crippen LogP) is 2.67. The number of hydrogen-bond donors (Lipinski definition) is 0. The summed E-state index contributed by atoms with van der Waals surface area (Å²) in [5, 5.41) is 8.73. The van der Waals surface area contributed by atoms with Crippen molar-refractivity contribution in [2.45, 2.75) is 32.7 Å². The van der Waals surface area contributed by atoms with Gasteiger partial charge >= 0.3 is 0 Å². The van der Waals surface area contributed by atoms with Crippen LogP contribution in [0.25, 0.3) is 16.8 Å². The van der Waals surface area contributed by atoms with Crippen LogP contribution in [0.3, 0.4) is 0 Å². The van der Waals surface area contributed by atoms with Crippen LogP contribution < -0.4 is 0 Å². The molecule has 3 aromatic rings. The molecule has 5 heteroatoms. The number of rotatable bonds is 6. The second-order valence-corrected chi connectivity index (χ2v) is 4.99. The van der Waals surface area contributed by atoms with E-state index in [0.717, 1.165) is 44.0 Å². The second kappa shape index (κ2) is 5.63. The molecule has 0 aliphatic carbocycles. The lowest BCUT2D eigenvalue weighted by Crippen LogP contribution is -2.02. The smallest absolute Gasteiger partial charge is 0.236 e. The maximum absolute atomic E-state index is 5.15. The van der Waals surface area contributed by atoms with Crippen molar-refractivity contribution in [2.75, 3.05) is 13.7 Å². The maximum Gasteiger partial charge on any atom is 0.236 e. The number of nitrogens with zero attached hydrogens (tertiary/aromatic N) is 4. The number of aryl methyl sites for hydroxylation is 2. The van der Waals surface area contributed by atoms with Gasteiger partial charge in [0, 0.05) is 26.7 Å². The van der Waals surface area contributed by atoms with Crippen molar-refractivity contribution in [2.24, 2.45) is 0 Å². The lowest BCUT2D eigenvalue weighted by atomic mass is 10.3. The van der Waals surface area contributed by atoms with Gasteiger partial charge < -0.3 is 9.30 Å². The van der Waals surface area contributed by atoms with Crippen LogP contribution in [0, 0.1) is 0 Å². The Morgan fingerprint density at radius 3 is 2.70 bits per heavy atom. The molecule has 0 saturated carbocycles. The standard InChI is InChI=1S/C15H20N4O/c1-3-7-14-16-17-15-18(10-6-11-20-2)12-8-4-5-9-13(12)19(14)15/h4-5,8-9H,3,6-7,10-11H2,1-2H3.